The van der Waals surface area contributed by atoms with Crippen molar-refractivity contribution in [3.05, 3.63) is 52.2 Å². The van der Waals surface area contributed by atoms with E-state index in [1.54, 1.807) is 0 Å². The van der Waals surface area contributed by atoms with Crippen LogP contribution in [0.2, 0.25) is 18.1 Å². The number of benzene rings is 2. The second-order valence-electron chi connectivity index (χ2n) is 7.95. The molecule has 0 aliphatic carbocycles. The van der Waals surface area contributed by atoms with Gasteiger partial charge < -0.3 is 8.84 Å². The van der Waals surface area contributed by atoms with Crippen LogP contribution >= 0.6 is 0 Å². The van der Waals surface area contributed by atoms with Crippen LogP contribution in [0, 0.1) is 6.92 Å². The van der Waals surface area contributed by atoms with E-state index in [4.69, 9.17) is 8.84 Å². The smallest absolute Gasteiger partial charge is 0.250 e. The Bertz CT molecular complexity index is 978. The van der Waals surface area contributed by atoms with Crippen LogP contribution in [0.5, 0.6) is 5.75 Å². The minimum Gasteiger partial charge on any atom is -0.543 e. The van der Waals surface area contributed by atoms with Gasteiger partial charge in [-0.1, -0.05) is 26.8 Å². The molecule has 3 aromatic rings. The van der Waals surface area contributed by atoms with E-state index in [-0.39, 0.29) is 10.5 Å². The summed E-state index contributed by atoms with van der Waals surface area (Å²) in [4.78, 5) is 12.7. The molecular weight excluding hydrogens is 316 g/mol. The molecule has 2 aromatic carbocycles. The Morgan fingerprint density at radius 3 is 2.17 bits per heavy atom. The van der Waals surface area contributed by atoms with Crippen LogP contribution in [-0.4, -0.2) is 8.32 Å². The lowest BCUT2D eigenvalue weighted by Crippen LogP contribution is -2.43. The van der Waals surface area contributed by atoms with Gasteiger partial charge in [-0.15, -0.1) is 0 Å². The Hall–Kier alpha value is -2.07. The molecule has 0 spiro atoms. The van der Waals surface area contributed by atoms with Gasteiger partial charge in [0.1, 0.15) is 16.9 Å². The summed E-state index contributed by atoms with van der Waals surface area (Å²) < 4.78 is 12.3. The van der Waals surface area contributed by atoms with Gasteiger partial charge in [-0.25, -0.2) is 0 Å². The summed E-state index contributed by atoms with van der Waals surface area (Å²) in [6.07, 6.45) is 0. The van der Waals surface area contributed by atoms with Crippen molar-refractivity contribution < 1.29 is 8.84 Å². The molecule has 126 valence electrons. The van der Waals surface area contributed by atoms with Gasteiger partial charge in [0.05, 0.1) is 10.8 Å². The topological polar surface area (TPSA) is 39.4 Å². The standard InChI is InChI=1S/C20H24O3Si/c1-13-7-9-15-17(11-13)22-18-12-14(8-10-16(18)19(15)21)23-24(5,6)20(2,3)4/h7-12H,1-6H3. The van der Waals surface area contributed by atoms with Crippen LogP contribution in [0.25, 0.3) is 21.9 Å². The van der Waals surface area contributed by atoms with Crippen LogP contribution in [-0.2, 0) is 0 Å². The maximum absolute atomic E-state index is 12.7. The van der Waals surface area contributed by atoms with Crippen molar-refractivity contribution in [2.75, 3.05) is 0 Å². The molecule has 1 aromatic heterocycles. The van der Waals surface area contributed by atoms with E-state index in [9.17, 15) is 4.79 Å². The number of hydrogen-bond acceptors (Lipinski definition) is 3. The molecule has 1 heterocycles. The van der Waals surface area contributed by atoms with Gasteiger partial charge in [-0.2, -0.15) is 0 Å². The summed E-state index contributed by atoms with van der Waals surface area (Å²) in [6.45, 7) is 13.0. The lowest BCUT2D eigenvalue weighted by molar-refractivity contribution is 0.491. The second kappa shape index (κ2) is 5.48. The Morgan fingerprint density at radius 1 is 0.958 bits per heavy atom. The minimum absolute atomic E-state index is 0.00475. The van der Waals surface area contributed by atoms with Crippen molar-refractivity contribution in [2.24, 2.45) is 0 Å². The predicted octanol–water partition coefficient (Wildman–Crippen LogP) is 5.64. The van der Waals surface area contributed by atoms with Gasteiger partial charge in [0, 0.05) is 6.07 Å². The van der Waals surface area contributed by atoms with Gasteiger partial charge in [-0.3, -0.25) is 4.79 Å². The van der Waals surface area contributed by atoms with Gasteiger partial charge in [-0.05, 0) is 54.9 Å². The molecule has 0 aliphatic rings. The van der Waals surface area contributed by atoms with E-state index in [1.807, 2.05) is 43.3 Å². The maximum Gasteiger partial charge on any atom is 0.250 e. The molecule has 3 rings (SSSR count). The van der Waals surface area contributed by atoms with Gasteiger partial charge in [0.25, 0.3) is 0 Å². The van der Waals surface area contributed by atoms with E-state index in [0.717, 1.165) is 11.3 Å². The molecule has 0 fully saturated rings. The summed E-state index contributed by atoms with van der Waals surface area (Å²) in [7, 11) is -1.93. The Morgan fingerprint density at radius 2 is 1.54 bits per heavy atom. The number of fused-ring (bicyclic) bond motifs is 2. The Kier molecular flexibility index (Phi) is 3.83. The first-order valence-corrected chi connectivity index (χ1v) is 11.2. The molecule has 3 nitrogen and oxygen atoms in total. The summed E-state index contributed by atoms with van der Waals surface area (Å²) in [6, 6.07) is 11.2. The van der Waals surface area contributed by atoms with Gasteiger partial charge in [0.2, 0.25) is 13.7 Å². The van der Waals surface area contributed by atoms with Crippen molar-refractivity contribution in [1.29, 1.82) is 0 Å². The molecule has 0 saturated heterocycles. The molecule has 0 saturated carbocycles. The first kappa shape index (κ1) is 16.8. The molecular formula is C20H24O3Si. The molecule has 24 heavy (non-hydrogen) atoms. The average Bonchev–Trinajstić information content (AvgIpc) is 2.45. The molecule has 0 unspecified atom stereocenters. The minimum atomic E-state index is -1.93. The fraction of sp³-hybridized carbons (Fsp3) is 0.350. The number of rotatable bonds is 2. The molecule has 0 N–H and O–H groups in total. The fourth-order valence-electron chi connectivity index (χ4n) is 2.45. The Balaban J connectivity index is 2.15. The highest BCUT2D eigenvalue weighted by molar-refractivity contribution is 6.74. The van der Waals surface area contributed by atoms with Crippen molar-refractivity contribution in [3.63, 3.8) is 0 Å². The van der Waals surface area contributed by atoms with E-state index in [1.165, 1.54) is 0 Å². The van der Waals surface area contributed by atoms with E-state index in [0.29, 0.717) is 21.9 Å². The van der Waals surface area contributed by atoms with Crippen molar-refractivity contribution in [1.82, 2.24) is 0 Å². The maximum atomic E-state index is 12.7. The first-order chi connectivity index (χ1) is 11.1. The molecule has 0 radical (unpaired) electrons. The number of aryl methyl sites for hydroxylation is 1. The van der Waals surface area contributed by atoms with Crippen LogP contribution < -0.4 is 9.85 Å². The average molecular weight is 340 g/mol. The number of hydrogen-bond donors (Lipinski definition) is 0. The highest BCUT2D eigenvalue weighted by Gasteiger charge is 2.39. The van der Waals surface area contributed by atoms with E-state index in [2.05, 4.69) is 33.9 Å². The van der Waals surface area contributed by atoms with E-state index >= 15 is 0 Å². The van der Waals surface area contributed by atoms with Crippen LogP contribution in [0.1, 0.15) is 26.3 Å². The highest BCUT2D eigenvalue weighted by Crippen LogP contribution is 2.37. The van der Waals surface area contributed by atoms with Crippen molar-refractivity contribution in [3.8, 4) is 5.75 Å². The zero-order chi connectivity index (χ0) is 17.7. The van der Waals surface area contributed by atoms with E-state index < -0.39 is 8.32 Å². The zero-order valence-corrected chi connectivity index (χ0v) is 16.2. The quantitative estimate of drug-likeness (QED) is 0.448. The molecule has 4 heteroatoms. The predicted molar refractivity (Wildman–Crippen MR) is 103 cm³/mol. The molecule has 0 aliphatic heterocycles. The third kappa shape index (κ3) is 2.86. The summed E-state index contributed by atoms with van der Waals surface area (Å²) in [5, 5.41) is 1.32. The Labute approximate surface area is 143 Å². The summed E-state index contributed by atoms with van der Waals surface area (Å²) >= 11 is 0. The summed E-state index contributed by atoms with van der Waals surface area (Å²) in [5.41, 5.74) is 2.27. The third-order valence-electron chi connectivity index (χ3n) is 4.98. The fourth-order valence-corrected chi connectivity index (χ4v) is 3.47. The van der Waals surface area contributed by atoms with Gasteiger partial charge >= 0.3 is 0 Å². The summed E-state index contributed by atoms with van der Waals surface area (Å²) in [5.74, 6) is 0.768. The van der Waals surface area contributed by atoms with Crippen LogP contribution in [0.4, 0.5) is 0 Å². The largest absolute Gasteiger partial charge is 0.543 e. The SMILES string of the molecule is Cc1ccc2c(=O)c3ccc(O[Si](C)(C)C(C)(C)C)cc3oc2c1. The van der Waals surface area contributed by atoms with Gasteiger partial charge in [0.15, 0.2) is 0 Å². The molecule has 0 bridgehead atoms. The first-order valence-electron chi connectivity index (χ1n) is 8.25. The van der Waals surface area contributed by atoms with Crippen molar-refractivity contribution >= 4 is 30.3 Å². The third-order valence-corrected chi connectivity index (χ3v) is 9.34. The lowest BCUT2D eigenvalue weighted by atomic mass is 10.1. The van der Waals surface area contributed by atoms with Crippen molar-refractivity contribution in [2.45, 2.75) is 45.8 Å². The van der Waals surface area contributed by atoms with Crippen LogP contribution in [0.15, 0.2) is 45.6 Å². The normalized spacial score (nSPS) is 12.8. The monoisotopic (exact) mass is 340 g/mol. The van der Waals surface area contributed by atoms with Crippen LogP contribution in [0.3, 0.4) is 0 Å². The second-order valence-corrected chi connectivity index (χ2v) is 12.7. The zero-order valence-electron chi connectivity index (χ0n) is 15.2. The molecule has 0 amide bonds. The molecule has 0 atom stereocenters. The highest BCUT2D eigenvalue weighted by atomic mass is 28.4. The lowest BCUT2D eigenvalue weighted by Gasteiger charge is -2.36.